The molecule has 0 aliphatic carbocycles. The predicted molar refractivity (Wildman–Crippen MR) is 121 cm³/mol. The molecule has 4 rings (SSSR count). The van der Waals surface area contributed by atoms with Crippen LogP contribution in [0.2, 0.25) is 0 Å². The van der Waals surface area contributed by atoms with Crippen molar-refractivity contribution < 1.29 is 23.1 Å². The lowest BCUT2D eigenvalue weighted by Crippen LogP contribution is -2.46. The molecule has 172 valence electrons. The summed E-state index contributed by atoms with van der Waals surface area (Å²) in [5.74, 6) is -0.917. The van der Waals surface area contributed by atoms with E-state index in [2.05, 4.69) is 4.90 Å². The molecule has 2 aromatic rings. The third-order valence-electron chi connectivity index (χ3n) is 6.77. The number of sulfone groups is 1. The highest BCUT2D eigenvalue weighted by Gasteiger charge is 2.39. The highest BCUT2D eigenvalue weighted by molar-refractivity contribution is 7.92. The van der Waals surface area contributed by atoms with Crippen LogP contribution in [0.4, 0.5) is 0 Å². The first-order valence-corrected chi connectivity index (χ1v) is 12.6. The molecular weight excluding hydrogens is 428 g/mol. The fraction of sp³-hybridized carbons (Fsp3) is 0.458. The SMILES string of the molecule is NC(=O)C(O)(c1ccccc1)c1ccc(S(=O)(=O)C2CCN(C3CCOCC3)CC2)cc1. The molecule has 0 aromatic heterocycles. The molecule has 2 saturated heterocycles. The number of amides is 1. The first-order valence-electron chi connectivity index (χ1n) is 11.1. The number of nitrogens with zero attached hydrogens (tertiary/aromatic N) is 1. The average Bonchev–Trinajstić information content (AvgIpc) is 2.84. The number of nitrogens with two attached hydrogens (primary N) is 1. The molecule has 2 aliphatic rings. The number of benzene rings is 2. The molecule has 0 spiro atoms. The molecule has 0 bridgehead atoms. The van der Waals surface area contributed by atoms with Crippen molar-refractivity contribution >= 4 is 15.7 Å². The van der Waals surface area contributed by atoms with Gasteiger partial charge in [0.05, 0.1) is 10.1 Å². The van der Waals surface area contributed by atoms with Crippen LogP contribution in [0, 0.1) is 0 Å². The van der Waals surface area contributed by atoms with Crippen molar-refractivity contribution in [2.24, 2.45) is 5.73 Å². The van der Waals surface area contributed by atoms with E-state index in [4.69, 9.17) is 10.5 Å². The van der Waals surface area contributed by atoms with E-state index in [0.29, 0.717) is 24.4 Å². The number of rotatable bonds is 6. The van der Waals surface area contributed by atoms with Gasteiger partial charge in [-0.05, 0) is 62.0 Å². The van der Waals surface area contributed by atoms with E-state index < -0.39 is 26.6 Å². The van der Waals surface area contributed by atoms with E-state index in [1.54, 1.807) is 30.3 Å². The van der Waals surface area contributed by atoms with E-state index in [9.17, 15) is 18.3 Å². The lowest BCUT2D eigenvalue weighted by Gasteiger charge is -2.39. The predicted octanol–water partition coefficient (Wildman–Crippen LogP) is 1.82. The summed E-state index contributed by atoms with van der Waals surface area (Å²) < 4.78 is 31.9. The van der Waals surface area contributed by atoms with Crippen LogP contribution in [0.3, 0.4) is 0 Å². The fourth-order valence-electron chi connectivity index (χ4n) is 4.81. The van der Waals surface area contributed by atoms with Gasteiger partial charge in [-0.1, -0.05) is 42.5 Å². The Morgan fingerprint density at radius 2 is 1.50 bits per heavy atom. The van der Waals surface area contributed by atoms with Gasteiger partial charge in [0, 0.05) is 19.3 Å². The molecular formula is C24H30N2O5S. The number of primary amides is 1. The first kappa shape index (κ1) is 22.9. The summed E-state index contributed by atoms with van der Waals surface area (Å²) in [6.45, 7) is 3.08. The Balaban J connectivity index is 1.50. The number of piperidine rings is 1. The van der Waals surface area contributed by atoms with Crippen molar-refractivity contribution in [3.05, 3.63) is 65.7 Å². The van der Waals surface area contributed by atoms with Crippen LogP contribution in [0.25, 0.3) is 0 Å². The van der Waals surface area contributed by atoms with Gasteiger partial charge in [-0.3, -0.25) is 4.79 Å². The van der Waals surface area contributed by atoms with Gasteiger partial charge >= 0.3 is 0 Å². The molecule has 2 heterocycles. The minimum absolute atomic E-state index is 0.200. The zero-order valence-electron chi connectivity index (χ0n) is 18.0. The average molecular weight is 459 g/mol. The molecule has 0 saturated carbocycles. The van der Waals surface area contributed by atoms with E-state index in [-0.39, 0.29) is 10.5 Å². The van der Waals surface area contributed by atoms with Crippen LogP contribution >= 0.6 is 0 Å². The molecule has 2 fully saturated rings. The van der Waals surface area contributed by atoms with Crippen LogP contribution in [0.1, 0.15) is 36.8 Å². The third-order valence-corrected chi connectivity index (χ3v) is 9.05. The van der Waals surface area contributed by atoms with Crippen LogP contribution in [-0.4, -0.2) is 61.9 Å². The number of likely N-dealkylation sites (tertiary alicyclic amines) is 1. The number of carbonyl (C=O) groups excluding carboxylic acids is 1. The minimum atomic E-state index is -3.51. The summed E-state index contributed by atoms with van der Waals surface area (Å²) in [5.41, 5.74) is 4.08. The Morgan fingerprint density at radius 1 is 0.938 bits per heavy atom. The molecule has 3 N–H and O–H groups in total. The Hall–Kier alpha value is -2.26. The summed E-state index contributed by atoms with van der Waals surface area (Å²) >= 11 is 0. The van der Waals surface area contributed by atoms with E-state index >= 15 is 0 Å². The van der Waals surface area contributed by atoms with Crippen LogP contribution in [0.15, 0.2) is 59.5 Å². The van der Waals surface area contributed by atoms with Gasteiger partial charge in [0.25, 0.3) is 5.91 Å². The van der Waals surface area contributed by atoms with Crippen molar-refractivity contribution in [3.8, 4) is 0 Å². The van der Waals surface area contributed by atoms with Gasteiger partial charge < -0.3 is 20.5 Å². The second-order valence-corrected chi connectivity index (χ2v) is 10.8. The maximum Gasteiger partial charge on any atom is 0.258 e. The first-order chi connectivity index (χ1) is 15.3. The van der Waals surface area contributed by atoms with Crippen molar-refractivity contribution in [2.45, 2.75) is 47.5 Å². The molecule has 1 unspecified atom stereocenters. The number of aliphatic hydroxyl groups is 1. The van der Waals surface area contributed by atoms with Crippen molar-refractivity contribution in [3.63, 3.8) is 0 Å². The standard InChI is InChI=1S/C24H30N2O5S/c25-23(27)24(28,18-4-2-1-3-5-18)19-6-8-21(9-7-19)32(29,30)22-10-14-26(15-11-22)20-12-16-31-17-13-20/h1-9,20,22,28H,10-17H2,(H2,25,27). The Kier molecular flexibility index (Phi) is 6.67. The maximum atomic E-state index is 13.2. The second kappa shape index (κ2) is 9.31. The highest BCUT2D eigenvalue weighted by atomic mass is 32.2. The smallest absolute Gasteiger partial charge is 0.258 e. The van der Waals surface area contributed by atoms with Crippen molar-refractivity contribution in [1.82, 2.24) is 4.90 Å². The summed E-state index contributed by atoms with van der Waals surface area (Å²) in [5, 5.41) is 10.7. The topological polar surface area (TPSA) is 110 Å². The van der Waals surface area contributed by atoms with Crippen LogP contribution in [0.5, 0.6) is 0 Å². The number of hydrogen-bond acceptors (Lipinski definition) is 6. The van der Waals surface area contributed by atoms with E-state index in [1.165, 1.54) is 24.3 Å². The summed E-state index contributed by atoms with van der Waals surface area (Å²) in [6, 6.07) is 14.8. The zero-order chi connectivity index (χ0) is 22.8. The van der Waals surface area contributed by atoms with Gasteiger partial charge in [-0.2, -0.15) is 0 Å². The molecule has 8 heteroatoms. The molecule has 0 radical (unpaired) electrons. The molecule has 2 aliphatic heterocycles. The quantitative estimate of drug-likeness (QED) is 0.683. The number of ether oxygens (including phenoxy) is 1. The van der Waals surface area contributed by atoms with Gasteiger partial charge in [0.2, 0.25) is 0 Å². The normalized spacial score (nSPS) is 21.2. The van der Waals surface area contributed by atoms with E-state index in [0.717, 1.165) is 39.1 Å². The second-order valence-electron chi connectivity index (χ2n) is 8.59. The Morgan fingerprint density at radius 3 is 2.06 bits per heavy atom. The molecule has 1 atom stereocenters. The zero-order valence-corrected chi connectivity index (χ0v) is 18.8. The fourth-order valence-corrected chi connectivity index (χ4v) is 6.54. The van der Waals surface area contributed by atoms with Crippen LogP contribution in [-0.2, 0) is 25.0 Å². The van der Waals surface area contributed by atoms with Crippen LogP contribution < -0.4 is 5.73 Å². The molecule has 2 aromatic carbocycles. The molecule has 1 amide bonds. The van der Waals surface area contributed by atoms with E-state index in [1.807, 2.05) is 0 Å². The summed E-state index contributed by atoms with van der Waals surface area (Å²) in [6.07, 6.45) is 3.19. The summed E-state index contributed by atoms with van der Waals surface area (Å²) in [7, 11) is -3.51. The molecule has 7 nitrogen and oxygen atoms in total. The van der Waals surface area contributed by atoms with Gasteiger partial charge in [0.15, 0.2) is 15.4 Å². The largest absolute Gasteiger partial charge is 0.381 e. The monoisotopic (exact) mass is 458 g/mol. The lowest BCUT2D eigenvalue weighted by molar-refractivity contribution is -0.133. The van der Waals surface area contributed by atoms with Gasteiger partial charge in [-0.15, -0.1) is 0 Å². The van der Waals surface area contributed by atoms with Gasteiger partial charge in [0.1, 0.15) is 0 Å². The van der Waals surface area contributed by atoms with Crippen molar-refractivity contribution in [2.75, 3.05) is 26.3 Å². The third kappa shape index (κ3) is 4.32. The number of hydrogen-bond donors (Lipinski definition) is 2. The Bertz CT molecular complexity index is 1030. The Labute approximate surface area is 189 Å². The molecule has 32 heavy (non-hydrogen) atoms. The summed E-state index contributed by atoms with van der Waals surface area (Å²) in [4.78, 5) is 14.7. The highest BCUT2D eigenvalue weighted by Crippen LogP contribution is 2.32. The van der Waals surface area contributed by atoms with Gasteiger partial charge in [-0.25, -0.2) is 8.42 Å². The minimum Gasteiger partial charge on any atom is -0.381 e. The maximum absolute atomic E-state index is 13.2. The number of carbonyl (C=O) groups is 1. The lowest BCUT2D eigenvalue weighted by atomic mass is 9.86. The van der Waals surface area contributed by atoms with Crippen molar-refractivity contribution in [1.29, 1.82) is 0 Å².